The number of thiazole rings is 1. The molecule has 6 heteroatoms. The van der Waals surface area contributed by atoms with E-state index < -0.39 is 0 Å². The molecular formula is C23H20N2O3S. The summed E-state index contributed by atoms with van der Waals surface area (Å²) in [5.74, 6) is 1.23. The van der Waals surface area contributed by atoms with Crippen LogP contribution >= 0.6 is 11.3 Å². The molecule has 0 radical (unpaired) electrons. The van der Waals surface area contributed by atoms with Gasteiger partial charge in [0.25, 0.3) is 5.91 Å². The van der Waals surface area contributed by atoms with E-state index in [9.17, 15) is 4.79 Å². The molecule has 0 saturated carbocycles. The molecule has 0 unspecified atom stereocenters. The van der Waals surface area contributed by atoms with Gasteiger partial charge in [-0.25, -0.2) is 4.98 Å². The molecule has 0 bridgehead atoms. The smallest absolute Gasteiger partial charge is 0.293 e. The van der Waals surface area contributed by atoms with E-state index in [4.69, 9.17) is 9.15 Å². The first-order valence-corrected chi connectivity index (χ1v) is 10.2. The normalized spacial score (nSPS) is 10.7. The number of ether oxygens (including phenoxy) is 1. The standard InChI is InChI=1S/C23H20N2O3S/c1-2-16-8-10-18(11-9-16)27-14-19-12-13-21(28-19)22(26)25-23-24-20(15-29-23)17-6-4-3-5-7-17/h3-13,15H,2,14H2,1H3,(H,24,25,26). The first-order valence-electron chi connectivity index (χ1n) is 9.34. The molecular weight excluding hydrogens is 384 g/mol. The first-order chi connectivity index (χ1) is 14.2. The molecule has 5 nitrogen and oxygen atoms in total. The van der Waals surface area contributed by atoms with Gasteiger partial charge in [-0.2, -0.15) is 0 Å². The van der Waals surface area contributed by atoms with E-state index >= 15 is 0 Å². The molecule has 29 heavy (non-hydrogen) atoms. The van der Waals surface area contributed by atoms with Crippen molar-refractivity contribution in [1.29, 1.82) is 0 Å². The molecule has 2 aromatic heterocycles. The number of carbonyl (C=O) groups excluding carboxylic acids is 1. The lowest BCUT2D eigenvalue weighted by molar-refractivity contribution is 0.0992. The van der Waals surface area contributed by atoms with Gasteiger partial charge in [0.1, 0.15) is 18.1 Å². The van der Waals surface area contributed by atoms with Crippen LogP contribution in [0.3, 0.4) is 0 Å². The second-order valence-electron chi connectivity index (χ2n) is 6.41. The van der Waals surface area contributed by atoms with Crippen LogP contribution < -0.4 is 10.1 Å². The lowest BCUT2D eigenvalue weighted by Gasteiger charge is -2.05. The van der Waals surface area contributed by atoms with Crippen LogP contribution in [-0.4, -0.2) is 10.9 Å². The summed E-state index contributed by atoms with van der Waals surface area (Å²) in [6.45, 7) is 2.37. The number of nitrogens with zero attached hydrogens (tertiary/aromatic N) is 1. The van der Waals surface area contributed by atoms with Crippen molar-refractivity contribution in [2.75, 3.05) is 5.32 Å². The third kappa shape index (κ3) is 4.73. The first kappa shape index (κ1) is 19.0. The van der Waals surface area contributed by atoms with Gasteiger partial charge in [-0.15, -0.1) is 11.3 Å². The molecule has 0 fully saturated rings. The van der Waals surface area contributed by atoms with Crippen LogP contribution in [0.5, 0.6) is 5.75 Å². The number of aromatic nitrogens is 1. The number of amides is 1. The van der Waals surface area contributed by atoms with Crippen LogP contribution in [-0.2, 0) is 13.0 Å². The average molecular weight is 404 g/mol. The highest BCUT2D eigenvalue weighted by Gasteiger charge is 2.14. The van der Waals surface area contributed by atoms with Crippen LogP contribution in [0.15, 0.2) is 76.5 Å². The van der Waals surface area contributed by atoms with Crippen LogP contribution in [0.4, 0.5) is 5.13 Å². The number of hydrogen-bond acceptors (Lipinski definition) is 5. The fourth-order valence-corrected chi connectivity index (χ4v) is 3.50. The second-order valence-corrected chi connectivity index (χ2v) is 7.27. The van der Waals surface area contributed by atoms with Gasteiger partial charge in [0.2, 0.25) is 0 Å². The molecule has 0 spiro atoms. The van der Waals surface area contributed by atoms with Gasteiger partial charge in [0.15, 0.2) is 10.9 Å². The maximum Gasteiger partial charge on any atom is 0.293 e. The highest BCUT2D eigenvalue weighted by molar-refractivity contribution is 7.14. The summed E-state index contributed by atoms with van der Waals surface area (Å²) >= 11 is 1.38. The summed E-state index contributed by atoms with van der Waals surface area (Å²) in [5, 5.41) is 5.22. The molecule has 146 valence electrons. The van der Waals surface area contributed by atoms with Crippen LogP contribution in [0.2, 0.25) is 0 Å². The predicted molar refractivity (Wildman–Crippen MR) is 114 cm³/mol. The number of rotatable bonds is 7. The van der Waals surface area contributed by atoms with Crippen molar-refractivity contribution in [2.45, 2.75) is 20.0 Å². The number of furan rings is 1. The predicted octanol–water partition coefficient (Wildman–Crippen LogP) is 5.80. The molecule has 0 aliphatic rings. The minimum absolute atomic E-state index is 0.224. The van der Waals surface area contributed by atoms with Crippen molar-refractivity contribution in [1.82, 2.24) is 4.98 Å². The number of hydrogen-bond donors (Lipinski definition) is 1. The maximum absolute atomic E-state index is 12.4. The Morgan fingerprint density at radius 2 is 1.86 bits per heavy atom. The van der Waals surface area contributed by atoms with Gasteiger partial charge < -0.3 is 9.15 Å². The topological polar surface area (TPSA) is 64.4 Å². The summed E-state index contributed by atoms with van der Waals surface area (Å²) in [7, 11) is 0. The third-order valence-corrected chi connectivity index (χ3v) is 5.15. The van der Waals surface area contributed by atoms with E-state index in [1.54, 1.807) is 12.1 Å². The molecule has 2 heterocycles. The van der Waals surface area contributed by atoms with Crippen LogP contribution in [0, 0.1) is 0 Å². The fraction of sp³-hybridized carbons (Fsp3) is 0.130. The summed E-state index contributed by atoms with van der Waals surface area (Å²) in [5.41, 5.74) is 3.09. The van der Waals surface area contributed by atoms with Crippen molar-refractivity contribution >= 4 is 22.4 Å². The Bertz CT molecular complexity index is 1080. The van der Waals surface area contributed by atoms with Crippen molar-refractivity contribution in [3.63, 3.8) is 0 Å². The molecule has 0 aliphatic heterocycles. The summed E-state index contributed by atoms with van der Waals surface area (Å²) in [6.07, 6.45) is 0.989. The molecule has 1 amide bonds. The zero-order valence-corrected chi connectivity index (χ0v) is 16.7. The fourth-order valence-electron chi connectivity index (χ4n) is 2.78. The van der Waals surface area contributed by atoms with E-state index in [-0.39, 0.29) is 18.3 Å². The maximum atomic E-state index is 12.4. The highest BCUT2D eigenvalue weighted by Crippen LogP contribution is 2.25. The van der Waals surface area contributed by atoms with Crippen LogP contribution in [0.25, 0.3) is 11.3 Å². The van der Waals surface area contributed by atoms with Crippen molar-refractivity contribution in [3.8, 4) is 17.0 Å². The van der Waals surface area contributed by atoms with E-state index in [2.05, 4.69) is 17.2 Å². The zero-order valence-electron chi connectivity index (χ0n) is 15.9. The zero-order chi connectivity index (χ0) is 20.1. The summed E-state index contributed by atoms with van der Waals surface area (Å²) in [6, 6.07) is 21.1. The van der Waals surface area contributed by atoms with Crippen molar-refractivity contribution < 1.29 is 13.9 Å². The Morgan fingerprint density at radius 3 is 2.62 bits per heavy atom. The van der Waals surface area contributed by atoms with Crippen LogP contribution in [0.1, 0.15) is 28.8 Å². The van der Waals surface area contributed by atoms with Crippen molar-refractivity contribution in [3.05, 3.63) is 89.2 Å². The second kappa shape index (κ2) is 8.75. The summed E-state index contributed by atoms with van der Waals surface area (Å²) in [4.78, 5) is 16.9. The lowest BCUT2D eigenvalue weighted by Crippen LogP contribution is -2.10. The van der Waals surface area contributed by atoms with Gasteiger partial charge in [0, 0.05) is 10.9 Å². The van der Waals surface area contributed by atoms with Gasteiger partial charge in [0.05, 0.1) is 5.69 Å². The largest absolute Gasteiger partial charge is 0.486 e. The number of benzene rings is 2. The Morgan fingerprint density at radius 1 is 1.07 bits per heavy atom. The van der Waals surface area contributed by atoms with Gasteiger partial charge in [-0.3, -0.25) is 10.1 Å². The molecule has 1 N–H and O–H groups in total. The van der Waals surface area contributed by atoms with Gasteiger partial charge >= 0.3 is 0 Å². The molecule has 2 aromatic carbocycles. The number of anilines is 1. The van der Waals surface area contributed by atoms with E-state index in [1.807, 2.05) is 60.0 Å². The third-order valence-electron chi connectivity index (χ3n) is 4.39. The monoisotopic (exact) mass is 404 g/mol. The number of nitrogens with one attached hydrogen (secondary N) is 1. The number of aryl methyl sites for hydroxylation is 1. The lowest BCUT2D eigenvalue weighted by atomic mass is 10.2. The average Bonchev–Trinajstić information content (AvgIpc) is 3.43. The molecule has 0 aliphatic carbocycles. The molecule has 4 aromatic rings. The SMILES string of the molecule is CCc1ccc(OCc2ccc(C(=O)Nc3nc(-c4ccccc4)cs3)o2)cc1. The Hall–Kier alpha value is -3.38. The molecule has 4 rings (SSSR count). The molecule has 0 saturated heterocycles. The Kier molecular flexibility index (Phi) is 5.72. The quantitative estimate of drug-likeness (QED) is 0.423. The Balaban J connectivity index is 1.35. The number of carbonyl (C=O) groups is 1. The minimum Gasteiger partial charge on any atom is -0.486 e. The van der Waals surface area contributed by atoms with E-state index in [0.717, 1.165) is 23.4 Å². The van der Waals surface area contributed by atoms with E-state index in [1.165, 1.54) is 16.9 Å². The summed E-state index contributed by atoms with van der Waals surface area (Å²) < 4.78 is 11.3. The van der Waals surface area contributed by atoms with E-state index in [0.29, 0.717) is 10.9 Å². The Labute approximate surface area is 173 Å². The van der Waals surface area contributed by atoms with Crippen molar-refractivity contribution in [2.24, 2.45) is 0 Å². The van der Waals surface area contributed by atoms with Gasteiger partial charge in [-0.05, 0) is 36.2 Å². The highest BCUT2D eigenvalue weighted by atomic mass is 32.1. The van der Waals surface area contributed by atoms with Gasteiger partial charge in [-0.1, -0.05) is 49.4 Å². The minimum atomic E-state index is -0.336. The molecule has 0 atom stereocenters.